The van der Waals surface area contributed by atoms with Crippen LogP contribution in [0.3, 0.4) is 0 Å². The maximum absolute atomic E-state index is 11.8. The summed E-state index contributed by atoms with van der Waals surface area (Å²) in [4.78, 5) is 18.2. The third-order valence-electron chi connectivity index (χ3n) is 18.6. The summed E-state index contributed by atoms with van der Waals surface area (Å²) in [6.45, 7) is 0. The highest BCUT2D eigenvalue weighted by Gasteiger charge is 2.36. The fourth-order valence-corrected chi connectivity index (χ4v) is 16.2. The summed E-state index contributed by atoms with van der Waals surface area (Å²) < 4.78 is 0. The average Bonchev–Trinajstić information content (AvgIpc) is 0.717. The van der Waals surface area contributed by atoms with E-state index in [9.17, 15) is 10.5 Å². The number of nitrogens with zero attached hydrogens (tertiary/aromatic N) is 8. The van der Waals surface area contributed by atoms with Gasteiger partial charge in [0.25, 0.3) is 0 Å². The van der Waals surface area contributed by atoms with Gasteiger partial charge in [0, 0.05) is 110 Å². The van der Waals surface area contributed by atoms with Crippen molar-refractivity contribution in [2.75, 3.05) is 29.4 Å². The molecule has 2 aliphatic rings. The molecule has 0 bridgehead atoms. The van der Waals surface area contributed by atoms with Gasteiger partial charge < -0.3 is 29.4 Å². The van der Waals surface area contributed by atoms with Crippen LogP contribution < -0.4 is 29.4 Å². The first-order valence-electron chi connectivity index (χ1n) is 33.8. The summed E-state index contributed by atoms with van der Waals surface area (Å²) in [5.41, 5.74) is 21.0. The molecule has 0 saturated carbocycles. The molecular formula is C92H62N8S2. The van der Waals surface area contributed by atoms with Crippen LogP contribution in [0, 0.1) is 22.7 Å². The van der Waals surface area contributed by atoms with Crippen molar-refractivity contribution in [3.05, 3.63) is 387 Å². The van der Waals surface area contributed by atoms with Gasteiger partial charge in [0.2, 0.25) is 0 Å². The van der Waals surface area contributed by atoms with Crippen LogP contribution in [0.25, 0.3) is 22.3 Å². The maximum atomic E-state index is 11.8. The van der Waals surface area contributed by atoms with Crippen molar-refractivity contribution in [1.82, 2.24) is 0 Å². The standard InChI is InChI=1S/C92H62N8S2/c93-63-65-29-25-27-47-79(65)91-81(99-83-59-75(95(67-31-9-1-10-32-67)68-33-11-2-12-34-68)49-55-87(83)101-88-56-50-76(60-84(88)99)96(69-35-13-3-14-36-69)70-37-15-4-16-38-70)53-54-82(92(91)80-48-28-26-30-66(80)64-94)100-85-61-77(97(71-39-17-5-18-40-71)72-41-19-6-20-42-72)51-57-89(85)102-90-58-52-78(62-86(90)100)98(73-43-21-7-22-44-73)74-45-23-8-24-46-74/h1-62H. The minimum Gasteiger partial charge on any atom is -0.310 e. The minimum absolute atomic E-state index is 0.474. The second-order valence-corrected chi connectivity index (χ2v) is 26.8. The van der Waals surface area contributed by atoms with Gasteiger partial charge in [-0.25, -0.2) is 0 Å². The second-order valence-electron chi connectivity index (χ2n) is 24.7. The van der Waals surface area contributed by atoms with Gasteiger partial charge in [-0.3, -0.25) is 0 Å². The number of nitriles is 2. The number of hydrogen-bond acceptors (Lipinski definition) is 10. The number of fused-ring (bicyclic) bond motifs is 4. The number of benzene rings is 15. The van der Waals surface area contributed by atoms with Crippen LogP contribution in [0.4, 0.5) is 102 Å². The molecule has 0 N–H and O–H groups in total. The lowest BCUT2D eigenvalue weighted by molar-refractivity contribution is 1.14. The molecule has 15 aromatic rings. The lowest BCUT2D eigenvalue weighted by Crippen LogP contribution is -2.21. The third-order valence-corrected chi connectivity index (χ3v) is 20.9. The van der Waals surface area contributed by atoms with Crippen molar-refractivity contribution in [1.29, 1.82) is 10.5 Å². The minimum atomic E-state index is 0.474. The molecule has 0 aliphatic carbocycles. The van der Waals surface area contributed by atoms with E-state index in [0.717, 1.165) is 133 Å². The first kappa shape index (κ1) is 62.3. The zero-order valence-electron chi connectivity index (χ0n) is 55.2. The zero-order valence-corrected chi connectivity index (χ0v) is 56.8. The van der Waals surface area contributed by atoms with Gasteiger partial charge in [-0.05, 0) is 194 Å². The fourth-order valence-electron chi connectivity index (χ4n) is 14.1. The van der Waals surface area contributed by atoms with Gasteiger partial charge in [0.15, 0.2) is 0 Å². The largest absolute Gasteiger partial charge is 0.310 e. The Morgan fingerprint density at radius 1 is 0.206 bits per heavy atom. The van der Waals surface area contributed by atoms with Crippen molar-refractivity contribution >= 4 is 126 Å². The quantitative estimate of drug-likeness (QED) is 0.0935. The molecule has 0 aromatic heterocycles. The van der Waals surface area contributed by atoms with Crippen LogP contribution >= 0.6 is 23.5 Å². The monoisotopic (exact) mass is 1340 g/mol. The third kappa shape index (κ3) is 11.7. The van der Waals surface area contributed by atoms with Crippen molar-refractivity contribution in [3.63, 3.8) is 0 Å². The zero-order chi connectivity index (χ0) is 68.3. The van der Waals surface area contributed by atoms with Gasteiger partial charge in [-0.15, -0.1) is 0 Å². The molecule has 17 rings (SSSR count). The molecule has 8 nitrogen and oxygen atoms in total. The van der Waals surface area contributed by atoms with Gasteiger partial charge in [-0.1, -0.05) is 206 Å². The Labute approximate surface area is 603 Å². The van der Waals surface area contributed by atoms with E-state index in [0.29, 0.717) is 22.3 Å². The van der Waals surface area contributed by atoms with Crippen LogP contribution in [-0.2, 0) is 0 Å². The van der Waals surface area contributed by atoms with E-state index in [2.05, 4.69) is 381 Å². The molecule has 2 heterocycles. The molecule has 0 saturated heterocycles. The van der Waals surface area contributed by atoms with Crippen LogP contribution in [0.2, 0.25) is 0 Å². The van der Waals surface area contributed by atoms with E-state index in [1.165, 1.54) is 0 Å². The summed E-state index contributed by atoms with van der Waals surface area (Å²) in [5, 5.41) is 23.5. The Balaban J connectivity index is 0.992. The molecule has 2 aliphatic heterocycles. The lowest BCUT2D eigenvalue weighted by Gasteiger charge is -2.39. The highest BCUT2D eigenvalue weighted by Crippen LogP contribution is 2.62. The van der Waals surface area contributed by atoms with Crippen LogP contribution in [-0.4, -0.2) is 0 Å². The number of hydrogen-bond donors (Lipinski definition) is 0. The predicted molar refractivity (Wildman–Crippen MR) is 423 cm³/mol. The first-order valence-corrected chi connectivity index (χ1v) is 35.5. The van der Waals surface area contributed by atoms with E-state index in [1.807, 2.05) is 36.4 Å². The smallest absolute Gasteiger partial charge is 0.0998 e. The van der Waals surface area contributed by atoms with E-state index in [1.54, 1.807) is 23.5 Å². The summed E-state index contributed by atoms with van der Waals surface area (Å²) in [6, 6.07) is 137. The van der Waals surface area contributed by atoms with Crippen molar-refractivity contribution in [2.45, 2.75) is 19.6 Å². The van der Waals surface area contributed by atoms with Gasteiger partial charge in [0.05, 0.1) is 57.4 Å². The molecule has 102 heavy (non-hydrogen) atoms. The molecule has 482 valence electrons. The molecule has 0 spiro atoms. The normalized spacial score (nSPS) is 11.8. The van der Waals surface area contributed by atoms with Gasteiger partial charge in [-0.2, -0.15) is 10.5 Å². The molecule has 0 unspecified atom stereocenters. The first-order chi connectivity index (χ1) is 50.5. The summed E-state index contributed by atoms with van der Waals surface area (Å²) in [5.74, 6) is 0. The van der Waals surface area contributed by atoms with E-state index >= 15 is 0 Å². The number of anilines is 18. The molecule has 0 radical (unpaired) electrons. The Morgan fingerprint density at radius 3 is 0.627 bits per heavy atom. The Morgan fingerprint density at radius 2 is 0.412 bits per heavy atom. The van der Waals surface area contributed by atoms with Crippen LogP contribution in [0.1, 0.15) is 11.1 Å². The average molecular weight is 1340 g/mol. The number of para-hydroxylation sites is 8. The summed E-state index contributed by atoms with van der Waals surface area (Å²) in [6.07, 6.45) is 0. The van der Waals surface area contributed by atoms with Gasteiger partial charge >= 0.3 is 0 Å². The number of rotatable bonds is 16. The second kappa shape index (κ2) is 27.6. The van der Waals surface area contributed by atoms with Crippen molar-refractivity contribution < 1.29 is 0 Å². The van der Waals surface area contributed by atoms with Crippen LogP contribution in [0.15, 0.2) is 396 Å². The molecule has 0 fully saturated rings. The Kier molecular flexibility index (Phi) is 16.9. The molecule has 0 amide bonds. The highest BCUT2D eigenvalue weighted by atomic mass is 32.2. The molecule has 0 atom stereocenters. The lowest BCUT2D eigenvalue weighted by atomic mass is 9.86. The molecule has 10 heteroatoms. The Bertz CT molecular complexity index is 4870. The SMILES string of the molecule is N#Cc1ccccc1-c1c(N2c3cc(N(c4ccccc4)c4ccccc4)ccc3Sc3ccc(N(c4ccccc4)c4ccccc4)cc32)ccc(N2c3cc(N(c4ccccc4)c4ccccc4)ccc3Sc3ccc(N(c4ccccc4)c4ccccc4)cc32)c1-c1ccccc1C#N. The van der Waals surface area contributed by atoms with Gasteiger partial charge in [0.1, 0.15) is 0 Å². The summed E-state index contributed by atoms with van der Waals surface area (Å²) in [7, 11) is 0. The summed E-state index contributed by atoms with van der Waals surface area (Å²) >= 11 is 3.48. The predicted octanol–water partition coefficient (Wildman–Crippen LogP) is 26.5. The van der Waals surface area contributed by atoms with Crippen molar-refractivity contribution in [3.8, 4) is 34.4 Å². The van der Waals surface area contributed by atoms with Crippen LogP contribution in [0.5, 0.6) is 0 Å². The molecular weight excluding hydrogens is 1280 g/mol. The molecule has 15 aromatic carbocycles. The van der Waals surface area contributed by atoms with E-state index < -0.39 is 0 Å². The van der Waals surface area contributed by atoms with Crippen molar-refractivity contribution in [2.24, 2.45) is 0 Å². The topological polar surface area (TPSA) is 67.0 Å². The highest BCUT2D eigenvalue weighted by molar-refractivity contribution is 8.00. The fraction of sp³-hybridized carbons (Fsp3) is 0. The Hall–Kier alpha value is -13.2. The maximum Gasteiger partial charge on any atom is 0.0998 e. The van der Waals surface area contributed by atoms with E-state index in [4.69, 9.17) is 0 Å². The van der Waals surface area contributed by atoms with E-state index in [-0.39, 0.29) is 0 Å².